The Bertz CT molecular complexity index is 1130. The van der Waals surface area contributed by atoms with Crippen LogP contribution < -0.4 is 9.64 Å². The van der Waals surface area contributed by atoms with Gasteiger partial charge in [0.25, 0.3) is 0 Å². The van der Waals surface area contributed by atoms with Crippen molar-refractivity contribution in [1.82, 2.24) is 19.2 Å². The lowest BCUT2D eigenvalue weighted by atomic mass is 10.1. The molecule has 31 heavy (non-hydrogen) atoms. The molecule has 0 bridgehead atoms. The molecule has 0 spiro atoms. The molecule has 162 valence electrons. The number of methoxy groups -OCH3 is 1. The first-order valence-corrected chi connectivity index (χ1v) is 10.4. The van der Waals surface area contributed by atoms with Crippen LogP contribution >= 0.6 is 12.2 Å². The number of Topliss-reactive ketones (excluding diaryl/α,β-unsaturated/α-hetero) is 1. The van der Waals surface area contributed by atoms with Gasteiger partial charge in [-0.15, -0.1) is 0 Å². The lowest BCUT2D eigenvalue weighted by Crippen LogP contribution is -2.47. The van der Waals surface area contributed by atoms with E-state index in [-0.39, 0.29) is 11.6 Å². The number of carbonyl (C=O) groups excluding carboxylic acids is 1. The summed E-state index contributed by atoms with van der Waals surface area (Å²) in [5.41, 5.74) is 1.85. The van der Waals surface area contributed by atoms with Crippen LogP contribution in [0.5, 0.6) is 5.75 Å². The number of anilines is 1. The first-order chi connectivity index (χ1) is 15.0. The number of hydrogen-bond donors (Lipinski definition) is 0. The SMILES string of the molecule is COc1ccc(-n2cnn(CN3CCN(c4ccc(C(C)=O)cc4F)CC3)c2=S)cc1. The maximum Gasteiger partial charge on any atom is 0.203 e. The molecular formula is C22H24FN5O2S. The third-order valence-electron chi connectivity index (χ3n) is 5.49. The molecule has 0 N–H and O–H groups in total. The van der Waals surface area contributed by atoms with Gasteiger partial charge in [-0.2, -0.15) is 5.10 Å². The van der Waals surface area contributed by atoms with E-state index in [0.29, 0.717) is 35.8 Å². The van der Waals surface area contributed by atoms with Crippen molar-refractivity contribution in [3.05, 3.63) is 64.9 Å². The molecule has 0 aliphatic carbocycles. The number of benzene rings is 2. The predicted molar refractivity (Wildman–Crippen MR) is 119 cm³/mol. The standard InChI is InChI=1S/C22H24FN5O2S/c1-16(29)17-3-8-21(20(23)13-17)26-11-9-25(10-12-26)15-28-22(31)27(14-24-28)18-4-6-19(30-2)7-5-18/h3-8,13-14H,9-12,15H2,1-2H3. The molecule has 2 aromatic carbocycles. The Labute approximate surface area is 185 Å². The number of ketones is 1. The second kappa shape index (κ2) is 8.99. The molecular weight excluding hydrogens is 417 g/mol. The van der Waals surface area contributed by atoms with Gasteiger partial charge in [0.05, 0.1) is 19.5 Å². The highest BCUT2D eigenvalue weighted by molar-refractivity contribution is 7.71. The van der Waals surface area contributed by atoms with Gasteiger partial charge < -0.3 is 9.64 Å². The van der Waals surface area contributed by atoms with Crippen molar-refractivity contribution in [3.8, 4) is 11.4 Å². The molecule has 1 aliphatic heterocycles. The van der Waals surface area contributed by atoms with E-state index in [0.717, 1.165) is 24.5 Å². The van der Waals surface area contributed by atoms with Gasteiger partial charge in [-0.1, -0.05) is 0 Å². The fourth-order valence-corrected chi connectivity index (χ4v) is 3.91. The first kappa shape index (κ1) is 21.2. The van der Waals surface area contributed by atoms with Crippen LogP contribution in [0.1, 0.15) is 17.3 Å². The minimum Gasteiger partial charge on any atom is -0.497 e. The molecule has 0 radical (unpaired) electrons. The molecule has 7 nitrogen and oxygen atoms in total. The van der Waals surface area contributed by atoms with Crippen LogP contribution in [-0.4, -0.2) is 58.3 Å². The number of ether oxygens (including phenoxy) is 1. The average molecular weight is 442 g/mol. The first-order valence-electron chi connectivity index (χ1n) is 10.0. The highest BCUT2D eigenvalue weighted by Crippen LogP contribution is 2.22. The van der Waals surface area contributed by atoms with Crippen LogP contribution in [0.2, 0.25) is 0 Å². The molecule has 3 aromatic rings. The van der Waals surface area contributed by atoms with Crippen molar-refractivity contribution in [2.45, 2.75) is 13.6 Å². The highest BCUT2D eigenvalue weighted by atomic mass is 32.1. The average Bonchev–Trinajstić information content (AvgIpc) is 3.14. The Morgan fingerprint density at radius 2 is 1.84 bits per heavy atom. The minimum absolute atomic E-state index is 0.138. The quantitative estimate of drug-likeness (QED) is 0.431. The summed E-state index contributed by atoms with van der Waals surface area (Å²) in [5, 5.41) is 4.44. The number of aromatic nitrogens is 3. The van der Waals surface area contributed by atoms with Crippen molar-refractivity contribution in [2.75, 3.05) is 38.2 Å². The predicted octanol–water partition coefficient (Wildman–Crippen LogP) is 3.53. The van der Waals surface area contributed by atoms with E-state index in [9.17, 15) is 9.18 Å². The number of carbonyl (C=O) groups is 1. The van der Waals surface area contributed by atoms with Gasteiger partial charge in [0.15, 0.2) is 5.78 Å². The van der Waals surface area contributed by atoms with Gasteiger partial charge in [-0.3, -0.25) is 14.3 Å². The highest BCUT2D eigenvalue weighted by Gasteiger charge is 2.21. The van der Waals surface area contributed by atoms with E-state index in [1.807, 2.05) is 33.7 Å². The van der Waals surface area contributed by atoms with E-state index in [1.54, 1.807) is 30.3 Å². The summed E-state index contributed by atoms with van der Waals surface area (Å²) in [6.45, 7) is 4.89. The number of nitrogens with zero attached hydrogens (tertiary/aromatic N) is 5. The summed E-state index contributed by atoms with van der Waals surface area (Å²) in [5.74, 6) is 0.288. The summed E-state index contributed by atoms with van der Waals surface area (Å²) < 4.78 is 23.9. The monoisotopic (exact) mass is 441 g/mol. The van der Waals surface area contributed by atoms with Crippen LogP contribution in [0.25, 0.3) is 5.69 Å². The normalized spacial score (nSPS) is 14.6. The Hall–Kier alpha value is -3.04. The van der Waals surface area contributed by atoms with Crippen LogP contribution in [0.4, 0.5) is 10.1 Å². The largest absolute Gasteiger partial charge is 0.497 e. The number of halogens is 1. The minimum atomic E-state index is -0.360. The van der Waals surface area contributed by atoms with Crippen molar-refractivity contribution >= 4 is 23.7 Å². The number of rotatable bonds is 6. The van der Waals surface area contributed by atoms with E-state index in [1.165, 1.54) is 13.0 Å². The number of hydrogen-bond acceptors (Lipinski definition) is 6. The number of piperazine rings is 1. The van der Waals surface area contributed by atoms with Crippen molar-refractivity contribution in [1.29, 1.82) is 0 Å². The lowest BCUT2D eigenvalue weighted by molar-refractivity contribution is 0.101. The van der Waals surface area contributed by atoms with Gasteiger partial charge in [-0.05, 0) is 61.6 Å². The summed E-state index contributed by atoms with van der Waals surface area (Å²) in [6, 6.07) is 12.3. The van der Waals surface area contributed by atoms with Gasteiger partial charge >= 0.3 is 0 Å². The molecule has 0 atom stereocenters. The molecule has 0 saturated carbocycles. The summed E-state index contributed by atoms with van der Waals surface area (Å²) in [7, 11) is 1.63. The molecule has 4 rings (SSSR count). The maximum atomic E-state index is 14.5. The third kappa shape index (κ3) is 4.52. The van der Waals surface area contributed by atoms with Crippen LogP contribution in [-0.2, 0) is 6.67 Å². The van der Waals surface area contributed by atoms with E-state index in [4.69, 9.17) is 17.0 Å². The molecule has 1 fully saturated rings. The fourth-order valence-electron chi connectivity index (χ4n) is 3.66. The van der Waals surface area contributed by atoms with Gasteiger partial charge in [0.1, 0.15) is 17.9 Å². The van der Waals surface area contributed by atoms with Gasteiger partial charge in [0.2, 0.25) is 4.77 Å². The summed E-state index contributed by atoms with van der Waals surface area (Å²) >= 11 is 5.61. The van der Waals surface area contributed by atoms with Crippen molar-refractivity contribution < 1.29 is 13.9 Å². The third-order valence-corrected chi connectivity index (χ3v) is 5.89. The van der Waals surface area contributed by atoms with Crippen molar-refractivity contribution in [2.24, 2.45) is 0 Å². The zero-order chi connectivity index (χ0) is 22.0. The zero-order valence-electron chi connectivity index (χ0n) is 17.5. The van der Waals surface area contributed by atoms with E-state index < -0.39 is 0 Å². The van der Waals surface area contributed by atoms with Gasteiger partial charge in [0, 0.05) is 37.4 Å². The smallest absolute Gasteiger partial charge is 0.203 e. The molecule has 1 aromatic heterocycles. The van der Waals surface area contributed by atoms with E-state index >= 15 is 0 Å². The summed E-state index contributed by atoms with van der Waals surface area (Å²) in [4.78, 5) is 15.7. The van der Waals surface area contributed by atoms with Gasteiger partial charge in [-0.25, -0.2) is 9.07 Å². The fraction of sp³-hybridized carbons (Fsp3) is 0.318. The Kier molecular flexibility index (Phi) is 6.15. The topological polar surface area (TPSA) is 55.5 Å². The van der Waals surface area contributed by atoms with Crippen LogP contribution in [0.15, 0.2) is 48.8 Å². The second-order valence-electron chi connectivity index (χ2n) is 7.45. The van der Waals surface area contributed by atoms with Crippen LogP contribution in [0.3, 0.4) is 0 Å². The van der Waals surface area contributed by atoms with E-state index in [2.05, 4.69) is 10.00 Å². The second-order valence-corrected chi connectivity index (χ2v) is 7.82. The van der Waals surface area contributed by atoms with Crippen molar-refractivity contribution in [3.63, 3.8) is 0 Å². The molecule has 1 saturated heterocycles. The zero-order valence-corrected chi connectivity index (χ0v) is 18.3. The Balaban J connectivity index is 1.40. The molecule has 0 amide bonds. The molecule has 1 aliphatic rings. The Morgan fingerprint density at radius 1 is 1.13 bits per heavy atom. The molecule has 0 unspecified atom stereocenters. The summed E-state index contributed by atoms with van der Waals surface area (Å²) in [6.07, 6.45) is 1.71. The van der Waals surface area contributed by atoms with Crippen LogP contribution in [0, 0.1) is 10.6 Å². The Morgan fingerprint density at radius 3 is 2.45 bits per heavy atom. The maximum absolute atomic E-state index is 14.5. The molecule has 2 heterocycles. The molecule has 9 heteroatoms. The lowest BCUT2D eigenvalue weighted by Gasteiger charge is -2.36.